The van der Waals surface area contributed by atoms with E-state index in [1.807, 2.05) is 0 Å². The number of rotatable bonds is 3. The first-order valence-electron chi connectivity index (χ1n) is 6.26. The van der Waals surface area contributed by atoms with Gasteiger partial charge in [0.1, 0.15) is 0 Å². The summed E-state index contributed by atoms with van der Waals surface area (Å²) in [5.74, 6) is 0. The predicted molar refractivity (Wildman–Crippen MR) is 83.6 cm³/mol. The van der Waals surface area contributed by atoms with Crippen molar-refractivity contribution in [2.45, 2.75) is 48.7 Å². The molecule has 1 aliphatic rings. The molecule has 0 saturated heterocycles. The highest BCUT2D eigenvalue weighted by molar-refractivity contribution is 14.1. The van der Waals surface area contributed by atoms with E-state index in [0.29, 0.717) is 10.0 Å². The molecule has 0 N–H and O–H groups in total. The van der Waals surface area contributed by atoms with E-state index in [1.165, 1.54) is 37.7 Å². The van der Waals surface area contributed by atoms with Crippen LogP contribution in [0.2, 0.25) is 0 Å². The van der Waals surface area contributed by atoms with Gasteiger partial charge >= 0.3 is 0 Å². The van der Waals surface area contributed by atoms with Crippen molar-refractivity contribution in [3.8, 4) is 0 Å². The van der Waals surface area contributed by atoms with Crippen LogP contribution in [0.4, 0.5) is 0 Å². The maximum Gasteiger partial charge on any atom is 0.0721 e. The van der Waals surface area contributed by atoms with E-state index in [9.17, 15) is 0 Å². The number of hydrogen-bond donors (Lipinski definition) is 0. The summed E-state index contributed by atoms with van der Waals surface area (Å²) in [4.78, 5) is 0. The van der Waals surface area contributed by atoms with Crippen molar-refractivity contribution < 1.29 is 4.74 Å². The molecule has 2 unspecified atom stereocenters. The van der Waals surface area contributed by atoms with E-state index < -0.39 is 0 Å². The average molecular weight is 409 g/mol. The third-order valence-corrected chi connectivity index (χ3v) is 5.20. The first-order valence-corrected chi connectivity index (χ1v) is 8.29. The Balaban J connectivity index is 1.85. The summed E-state index contributed by atoms with van der Waals surface area (Å²) in [6.45, 7) is 0.747. The second kappa shape index (κ2) is 7.10. The van der Waals surface area contributed by atoms with Crippen LogP contribution in [0.1, 0.15) is 37.7 Å². The van der Waals surface area contributed by atoms with Gasteiger partial charge in [-0.25, -0.2) is 0 Å². The number of alkyl halides is 1. The van der Waals surface area contributed by atoms with Crippen LogP contribution >= 0.6 is 38.5 Å². The minimum Gasteiger partial charge on any atom is -0.372 e. The summed E-state index contributed by atoms with van der Waals surface area (Å²) < 4.78 is 7.89. The first kappa shape index (κ1) is 13.8. The number of hydrogen-bond acceptors (Lipinski definition) is 1. The van der Waals surface area contributed by atoms with Crippen LogP contribution in [0.25, 0.3) is 0 Å². The topological polar surface area (TPSA) is 9.23 Å². The lowest BCUT2D eigenvalue weighted by Crippen LogP contribution is -2.22. The van der Waals surface area contributed by atoms with Gasteiger partial charge in [0.25, 0.3) is 0 Å². The number of ether oxygens (including phenoxy) is 1. The molecule has 0 heterocycles. The zero-order chi connectivity index (χ0) is 12.1. The van der Waals surface area contributed by atoms with Crippen LogP contribution in [0.3, 0.4) is 0 Å². The second-order valence-electron chi connectivity index (χ2n) is 4.63. The Kier molecular flexibility index (Phi) is 5.77. The van der Waals surface area contributed by atoms with Gasteiger partial charge in [-0.3, -0.25) is 0 Å². The Morgan fingerprint density at radius 3 is 2.59 bits per heavy atom. The molecule has 0 radical (unpaired) electrons. The molecule has 1 aliphatic carbocycles. The summed E-state index contributed by atoms with van der Waals surface area (Å²) in [5, 5.41) is 0. The predicted octanol–water partition coefficient (Wildman–Crippen LogP) is 5.10. The Bertz CT molecular complexity index is 339. The molecule has 94 valence electrons. The lowest BCUT2D eigenvalue weighted by molar-refractivity contribution is 0.0377. The molecular weight excluding hydrogens is 391 g/mol. The van der Waals surface area contributed by atoms with Crippen molar-refractivity contribution >= 4 is 38.5 Å². The van der Waals surface area contributed by atoms with E-state index in [-0.39, 0.29) is 0 Å². The van der Waals surface area contributed by atoms with Crippen molar-refractivity contribution in [1.82, 2.24) is 0 Å². The summed E-state index contributed by atoms with van der Waals surface area (Å²) in [6, 6.07) is 8.41. The Morgan fingerprint density at radius 2 is 1.82 bits per heavy atom. The molecule has 2 atom stereocenters. The van der Waals surface area contributed by atoms with Crippen molar-refractivity contribution in [2.24, 2.45) is 0 Å². The van der Waals surface area contributed by atoms with Gasteiger partial charge in [-0.2, -0.15) is 0 Å². The van der Waals surface area contributed by atoms with Crippen molar-refractivity contribution in [3.63, 3.8) is 0 Å². The molecule has 1 aromatic rings. The van der Waals surface area contributed by atoms with Crippen molar-refractivity contribution in [2.75, 3.05) is 0 Å². The van der Waals surface area contributed by atoms with E-state index in [4.69, 9.17) is 4.74 Å². The molecule has 2 rings (SSSR count). The third-order valence-electron chi connectivity index (χ3n) is 3.25. The minimum atomic E-state index is 0.446. The van der Waals surface area contributed by atoms with Crippen LogP contribution in [-0.2, 0) is 11.3 Å². The average Bonchev–Trinajstić information content (AvgIpc) is 2.54. The van der Waals surface area contributed by atoms with Gasteiger partial charge in [0.05, 0.1) is 12.7 Å². The fourth-order valence-electron chi connectivity index (χ4n) is 2.20. The van der Waals surface area contributed by atoms with Crippen LogP contribution in [0.5, 0.6) is 0 Å². The first-order chi connectivity index (χ1) is 8.25. The normalized spacial score (nSPS) is 25.5. The molecule has 1 saturated carbocycles. The molecular formula is C14H18BrIO. The summed E-state index contributed by atoms with van der Waals surface area (Å²) in [7, 11) is 0. The SMILES string of the molecule is Brc1ccc(COC2CCCCCC2I)cc1. The smallest absolute Gasteiger partial charge is 0.0721 e. The van der Waals surface area contributed by atoms with Gasteiger partial charge in [0.2, 0.25) is 0 Å². The lowest BCUT2D eigenvalue weighted by Gasteiger charge is -2.20. The van der Waals surface area contributed by atoms with Gasteiger partial charge in [0.15, 0.2) is 0 Å². The van der Waals surface area contributed by atoms with Gasteiger partial charge in [-0.05, 0) is 30.5 Å². The maximum atomic E-state index is 6.08. The molecule has 1 nitrogen and oxygen atoms in total. The zero-order valence-corrected chi connectivity index (χ0v) is 13.6. The van der Waals surface area contributed by atoms with Gasteiger partial charge in [-0.1, -0.05) is 69.9 Å². The molecule has 0 amide bonds. The zero-order valence-electron chi connectivity index (χ0n) is 9.87. The van der Waals surface area contributed by atoms with E-state index >= 15 is 0 Å². The molecule has 0 spiro atoms. The second-order valence-corrected chi connectivity index (χ2v) is 7.15. The standard InChI is InChI=1S/C14H18BrIO/c15-12-8-6-11(7-9-12)10-17-14-5-3-1-2-4-13(14)16/h6-9,13-14H,1-5,10H2. The van der Waals surface area contributed by atoms with Crippen LogP contribution in [0, 0.1) is 0 Å². The van der Waals surface area contributed by atoms with Gasteiger partial charge in [-0.15, -0.1) is 0 Å². The third kappa shape index (κ3) is 4.52. The lowest BCUT2D eigenvalue weighted by atomic mass is 10.1. The Morgan fingerprint density at radius 1 is 1.12 bits per heavy atom. The van der Waals surface area contributed by atoms with Gasteiger partial charge < -0.3 is 4.74 Å². The monoisotopic (exact) mass is 408 g/mol. The summed E-state index contributed by atoms with van der Waals surface area (Å²) >= 11 is 6.01. The highest BCUT2D eigenvalue weighted by atomic mass is 127. The maximum absolute atomic E-state index is 6.08. The van der Waals surface area contributed by atoms with Crippen LogP contribution < -0.4 is 0 Å². The summed E-state index contributed by atoms with van der Waals surface area (Å²) in [5.41, 5.74) is 1.26. The number of benzene rings is 1. The molecule has 0 aliphatic heterocycles. The Labute approximate surface area is 126 Å². The molecule has 1 aromatic carbocycles. The van der Waals surface area contributed by atoms with E-state index in [0.717, 1.165) is 11.1 Å². The molecule has 0 aromatic heterocycles. The molecule has 0 bridgehead atoms. The molecule has 3 heteroatoms. The molecule has 1 fully saturated rings. The van der Waals surface area contributed by atoms with Crippen molar-refractivity contribution in [1.29, 1.82) is 0 Å². The minimum absolute atomic E-state index is 0.446. The van der Waals surface area contributed by atoms with Gasteiger partial charge in [0, 0.05) is 8.40 Å². The number of halogens is 2. The fraction of sp³-hybridized carbons (Fsp3) is 0.571. The molecule has 17 heavy (non-hydrogen) atoms. The largest absolute Gasteiger partial charge is 0.372 e. The van der Waals surface area contributed by atoms with Crippen molar-refractivity contribution in [3.05, 3.63) is 34.3 Å². The van der Waals surface area contributed by atoms with E-state index in [2.05, 4.69) is 62.8 Å². The Hall–Kier alpha value is 0.390. The highest BCUT2D eigenvalue weighted by Crippen LogP contribution is 2.27. The van der Waals surface area contributed by atoms with E-state index in [1.54, 1.807) is 0 Å². The quantitative estimate of drug-likeness (QED) is 0.384. The summed E-state index contributed by atoms with van der Waals surface area (Å²) in [6.07, 6.45) is 7.05. The van der Waals surface area contributed by atoms with Crippen LogP contribution in [0.15, 0.2) is 28.7 Å². The highest BCUT2D eigenvalue weighted by Gasteiger charge is 2.21. The fourth-order valence-corrected chi connectivity index (χ4v) is 3.47. The van der Waals surface area contributed by atoms with Crippen LogP contribution in [-0.4, -0.2) is 10.0 Å².